The van der Waals surface area contributed by atoms with E-state index in [0.29, 0.717) is 5.92 Å². The van der Waals surface area contributed by atoms with Crippen LogP contribution in [0, 0.1) is 5.92 Å². The Morgan fingerprint density at radius 3 is 2.41 bits per heavy atom. The van der Waals surface area contributed by atoms with Gasteiger partial charge in [-0.3, -0.25) is 0 Å². The molecule has 2 rings (SSSR count). The van der Waals surface area contributed by atoms with Crippen LogP contribution in [0.3, 0.4) is 0 Å². The standard InChI is InChI=1S/C26H39N/c1-6-10-14-20(5)17-23(13-9-4)25-19-27-26-16-15-22(18-24(25)26)21(11-7-2)12-8-3/h11,15-20,27H,6-10,12-14H2,1-5H3/b21-11+,23-17+. The molecule has 1 unspecified atom stereocenters. The van der Waals surface area contributed by atoms with Crippen LogP contribution in [0.2, 0.25) is 0 Å². The van der Waals surface area contributed by atoms with Gasteiger partial charge in [-0.1, -0.05) is 78.5 Å². The van der Waals surface area contributed by atoms with Crippen LogP contribution in [-0.2, 0) is 0 Å². The largest absolute Gasteiger partial charge is 0.361 e. The fourth-order valence-electron chi connectivity index (χ4n) is 4.00. The van der Waals surface area contributed by atoms with Crippen LogP contribution in [0.25, 0.3) is 22.0 Å². The summed E-state index contributed by atoms with van der Waals surface area (Å²) in [5.74, 6) is 0.648. The SMILES string of the molecule is CC/C=C(\CCC)c1ccc2[nH]cc(/C(=C/C(C)CCCC)CCC)c2c1. The molecule has 1 N–H and O–H groups in total. The van der Waals surface area contributed by atoms with Gasteiger partial charge >= 0.3 is 0 Å². The lowest BCUT2D eigenvalue weighted by Crippen LogP contribution is -1.93. The fraction of sp³-hybridized carbons (Fsp3) is 0.538. The van der Waals surface area contributed by atoms with E-state index in [1.165, 1.54) is 65.3 Å². The number of benzene rings is 1. The van der Waals surface area contributed by atoms with E-state index in [0.717, 1.165) is 19.3 Å². The Hall–Kier alpha value is -1.76. The molecular weight excluding hydrogens is 326 g/mol. The number of rotatable bonds is 11. The second-order valence-electron chi connectivity index (χ2n) is 7.91. The van der Waals surface area contributed by atoms with Gasteiger partial charge in [-0.25, -0.2) is 0 Å². The Kier molecular flexibility index (Phi) is 8.91. The van der Waals surface area contributed by atoms with Crippen molar-refractivity contribution in [3.63, 3.8) is 0 Å². The third-order valence-electron chi connectivity index (χ3n) is 5.39. The summed E-state index contributed by atoms with van der Waals surface area (Å²) in [5, 5.41) is 1.38. The van der Waals surface area contributed by atoms with Gasteiger partial charge in [-0.05, 0) is 60.4 Å². The molecule has 0 radical (unpaired) electrons. The molecule has 27 heavy (non-hydrogen) atoms. The molecule has 1 aromatic carbocycles. The number of nitrogens with one attached hydrogen (secondary N) is 1. The highest BCUT2D eigenvalue weighted by atomic mass is 14.7. The van der Waals surface area contributed by atoms with E-state index in [9.17, 15) is 0 Å². The highest BCUT2D eigenvalue weighted by Gasteiger charge is 2.12. The fourth-order valence-corrected chi connectivity index (χ4v) is 4.00. The Labute approximate surface area is 167 Å². The van der Waals surface area contributed by atoms with Gasteiger partial charge in [0.05, 0.1) is 0 Å². The summed E-state index contributed by atoms with van der Waals surface area (Å²) in [6.45, 7) is 11.4. The van der Waals surface area contributed by atoms with Gasteiger partial charge < -0.3 is 4.98 Å². The van der Waals surface area contributed by atoms with Crippen molar-refractivity contribution < 1.29 is 0 Å². The van der Waals surface area contributed by atoms with Crippen LogP contribution >= 0.6 is 0 Å². The summed E-state index contributed by atoms with van der Waals surface area (Å²) in [6.07, 6.45) is 16.8. The number of unbranched alkanes of at least 4 members (excludes halogenated alkanes) is 1. The zero-order chi connectivity index (χ0) is 19.6. The summed E-state index contributed by atoms with van der Waals surface area (Å²) < 4.78 is 0. The van der Waals surface area contributed by atoms with E-state index in [-0.39, 0.29) is 0 Å². The first-order valence-corrected chi connectivity index (χ1v) is 11.2. The van der Waals surface area contributed by atoms with Crippen LogP contribution in [0.5, 0.6) is 0 Å². The lowest BCUT2D eigenvalue weighted by atomic mass is 9.92. The molecule has 148 valence electrons. The third-order valence-corrected chi connectivity index (χ3v) is 5.39. The van der Waals surface area contributed by atoms with E-state index in [1.54, 1.807) is 0 Å². The Morgan fingerprint density at radius 1 is 1.00 bits per heavy atom. The lowest BCUT2D eigenvalue weighted by Gasteiger charge is -2.12. The highest BCUT2D eigenvalue weighted by molar-refractivity contribution is 5.94. The zero-order valence-corrected chi connectivity index (χ0v) is 18.2. The maximum atomic E-state index is 3.51. The second kappa shape index (κ2) is 11.2. The van der Waals surface area contributed by atoms with E-state index >= 15 is 0 Å². The van der Waals surface area contributed by atoms with E-state index in [1.807, 2.05) is 0 Å². The van der Waals surface area contributed by atoms with Crippen molar-refractivity contribution in [2.45, 2.75) is 86.0 Å². The van der Waals surface area contributed by atoms with E-state index in [2.05, 4.69) is 76.2 Å². The molecule has 0 aliphatic heterocycles. The molecule has 0 amide bonds. The van der Waals surface area contributed by atoms with Crippen molar-refractivity contribution in [2.75, 3.05) is 0 Å². The van der Waals surface area contributed by atoms with Crippen LogP contribution in [0.15, 0.2) is 36.5 Å². The monoisotopic (exact) mass is 365 g/mol. The molecule has 1 heterocycles. The van der Waals surface area contributed by atoms with Crippen LogP contribution in [0.1, 0.15) is 97.1 Å². The molecule has 0 fully saturated rings. The van der Waals surface area contributed by atoms with E-state index < -0.39 is 0 Å². The summed E-state index contributed by atoms with van der Waals surface area (Å²) in [6, 6.07) is 6.96. The minimum Gasteiger partial charge on any atom is -0.361 e. The molecule has 0 saturated heterocycles. The summed E-state index contributed by atoms with van der Waals surface area (Å²) >= 11 is 0. The van der Waals surface area contributed by atoms with Gasteiger partial charge in [0.2, 0.25) is 0 Å². The van der Waals surface area contributed by atoms with E-state index in [4.69, 9.17) is 0 Å². The van der Waals surface area contributed by atoms with Gasteiger partial charge in [-0.2, -0.15) is 0 Å². The van der Waals surface area contributed by atoms with Crippen LogP contribution in [0.4, 0.5) is 0 Å². The van der Waals surface area contributed by atoms with Crippen molar-refractivity contribution >= 4 is 22.0 Å². The minimum absolute atomic E-state index is 0.648. The third kappa shape index (κ3) is 5.86. The van der Waals surface area contributed by atoms with Gasteiger partial charge in [0.1, 0.15) is 0 Å². The number of allylic oxidation sites excluding steroid dienone is 4. The first-order chi connectivity index (χ1) is 13.1. The maximum Gasteiger partial charge on any atom is 0.0460 e. The number of aromatic amines is 1. The molecule has 0 aliphatic carbocycles. The van der Waals surface area contributed by atoms with Crippen molar-refractivity contribution in [1.82, 2.24) is 4.98 Å². The molecule has 1 atom stereocenters. The number of aromatic nitrogens is 1. The highest BCUT2D eigenvalue weighted by Crippen LogP contribution is 2.32. The van der Waals surface area contributed by atoms with Crippen molar-refractivity contribution in [3.05, 3.63) is 47.7 Å². The zero-order valence-electron chi connectivity index (χ0n) is 18.2. The summed E-state index contributed by atoms with van der Waals surface area (Å²) in [7, 11) is 0. The van der Waals surface area contributed by atoms with Crippen molar-refractivity contribution in [2.24, 2.45) is 5.92 Å². The van der Waals surface area contributed by atoms with Crippen LogP contribution in [-0.4, -0.2) is 4.98 Å². The molecule has 1 nitrogen and oxygen atoms in total. The first-order valence-electron chi connectivity index (χ1n) is 11.2. The number of hydrogen-bond donors (Lipinski definition) is 1. The molecule has 0 saturated carbocycles. The molecule has 1 aromatic heterocycles. The van der Waals surface area contributed by atoms with Crippen molar-refractivity contribution in [3.8, 4) is 0 Å². The Balaban J connectivity index is 2.45. The van der Waals surface area contributed by atoms with Gasteiger partial charge in [0.15, 0.2) is 0 Å². The number of hydrogen-bond acceptors (Lipinski definition) is 0. The predicted molar refractivity (Wildman–Crippen MR) is 123 cm³/mol. The first kappa shape index (κ1) is 21.5. The molecule has 0 bridgehead atoms. The topological polar surface area (TPSA) is 15.8 Å². The summed E-state index contributed by atoms with van der Waals surface area (Å²) in [4.78, 5) is 3.51. The van der Waals surface area contributed by atoms with Crippen molar-refractivity contribution in [1.29, 1.82) is 0 Å². The Bertz CT molecular complexity index is 760. The van der Waals surface area contributed by atoms with Gasteiger partial charge in [-0.15, -0.1) is 0 Å². The van der Waals surface area contributed by atoms with Gasteiger partial charge in [0, 0.05) is 22.7 Å². The number of fused-ring (bicyclic) bond motifs is 1. The smallest absolute Gasteiger partial charge is 0.0460 e. The predicted octanol–water partition coefficient (Wildman–Crippen LogP) is 8.77. The minimum atomic E-state index is 0.648. The molecule has 0 spiro atoms. The molecule has 0 aliphatic rings. The van der Waals surface area contributed by atoms with Crippen LogP contribution < -0.4 is 0 Å². The quantitative estimate of drug-likeness (QED) is 0.409. The lowest BCUT2D eigenvalue weighted by molar-refractivity contribution is 0.598. The average Bonchev–Trinajstić information content (AvgIpc) is 3.09. The van der Waals surface area contributed by atoms with Gasteiger partial charge in [0.25, 0.3) is 0 Å². The second-order valence-corrected chi connectivity index (χ2v) is 7.91. The molecule has 1 heteroatoms. The summed E-state index contributed by atoms with van der Waals surface area (Å²) in [5.41, 5.74) is 7.06. The normalized spacial score (nSPS) is 14.1. The molecular formula is C26H39N. The Morgan fingerprint density at radius 2 is 1.74 bits per heavy atom. The maximum absolute atomic E-state index is 3.51. The average molecular weight is 366 g/mol. The number of H-pyrrole nitrogens is 1. The molecule has 2 aromatic rings.